The number of likely N-dealkylation sites (N-methyl/N-ethyl adjacent to an activating group) is 1. The Morgan fingerprint density at radius 3 is 2.58 bits per heavy atom. The third kappa shape index (κ3) is 3.20. The first-order chi connectivity index (χ1) is 11.6. The lowest BCUT2D eigenvalue weighted by Gasteiger charge is -2.10. The number of hydrogen-bond donors (Lipinski definition) is 1. The summed E-state index contributed by atoms with van der Waals surface area (Å²) in [7, 11) is 1.73. The van der Waals surface area contributed by atoms with Crippen LogP contribution in [0.15, 0.2) is 48.5 Å². The number of carbonyl (C=O) groups excluding carboxylic acids is 3. The fourth-order valence-corrected chi connectivity index (χ4v) is 2.77. The highest BCUT2D eigenvalue weighted by atomic mass is 16.2. The Labute approximate surface area is 140 Å². The molecule has 0 aromatic heterocycles. The number of carbonyl (C=O) groups is 3. The normalized spacial score (nSPS) is 12.9. The maximum atomic E-state index is 12.3. The highest BCUT2D eigenvalue weighted by molar-refractivity contribution is 6.03. The van der Waals surface area contributed by atoms with Gasteiger partial charge in [-0.05, 0) is 35.9 Å². The van der Waals surface area contributed by atoms with Gasteiger partial charge in [0.05, 0.1) is 6.42 Å². The molecule has 0 fully saturated rings. The molecule has 2 aromatic carbocycles. The molecule has 1 heterocycles. The molecule has 1 aliphatic rings. The van der Waals surface area contributed by atoms with E-state index < -0.39 is 0 Å². The standard InChI is InChI=1S/C19H18N2O3/c1-21-16-8-7-14(11-15(16)12-18(21)23)17(22)9-10-20-19(24)13-5-3-2-4-6-13/h2-8,11H,9-10,12H2,1H3,(H,20,24). The second-order valence-corrected chi connectivity index (χ2v) is 5.77. The van der Waals surface area contributed by atoms with Gasteiger partial charge in [0.15, 0.2) is 5.78 Å². The van der Waals surface area contributed by atoms with Gasteiger partial charge in [-0.25, -0.2) is 0 Å². The van der Waals surface area contributed by atoms with Crippen molar-refractivity contribution < 1.29 is 14.4 Å². The van der Waals surface area contributed by atoms with Gasteiger partial charge in [-0.15, -0.1) is 0 Å². The van der Waals surface area contributed by atoms with Crippen LogP contribution < -0.4 is 10.2 Å². The van der Waals surface area contributed by atoms with Gasteiger partial charge in [-0.1, -0.05) is 18.2 Å². The Morgan fingerprint density at radius 1 is 1.08 bits per heavy atom. The SMILES string of the molecule is CN1C(=O)Cc2cc(C(=O)CCNC(=O)c3ccccc3)ccc21. The van der Waals surface area contributed by atoms with Crippen molar-refractivity contribution in [3.05, 3.63) is 65.2 Å². The molecule has 0 saturated heterocycles. The minimum Gasteiger partial charge on any atom is -0.352 e. The molecule has 122 valence electrons. The van der Waals surface area contributed by atoms with E-state index in [9.17, 15) is 14.4 Å². The second kappa shape index (κ2) is 6.66. The lowest BCUT2D eigenvalue weighted by atomic mass is 10.0. The van der Waals surface area contributed by atoms with Crippen LogP contribution in [0.1, 0.15) is 32.7 Å². The largest absolute Gasteiger partial charge is 0.352 e. The maximum absolute atomic E-state index is 12.3. The number of anilines is 1. The molecule has 0 saturated carbocycles. The number of amides is 2. The summed E-state index contributed by atoms with van der Waals surface area (Å²) in [6.07, 6.45) is 0.554. The molecule has 0 radical (unpaired) electrons. The lowest BCUT2D eigenvalue weighted by Crippen LogP contribution is -2.26. The monoisotopic (exact) mass is 322 g/mol. The van der Waals surface area contributed by atoms with E-state index in [4.69, 9.17) is 0 Å². The highest BCUT2D eigenvalue weighted by Gasteiger charge is 2.24. The fraction of sp³-hybridized carbons (Fsp3) is 0.211. The van der Waals surface area contributed by atoms with E-state index in [1.54, 1.807) is 54.4 Å². The topological polar surface area (TPSA) is 66.5 Å². The number of nitrogens with zero attached hydrogens (tertiary/aromatic N) is 1. The van der Waals surface area contributed by atoms with Gasteiger partial charge in [-0.3, -0.25) is 14.4 Å². The molecule has 2 amide bonds. The van der Waals surface area contributed by atoms with E-state index in [2.05, 4.69) is 5.32 Å². The average molecular weight is 322 g/mol. The zero-order valence-electron chi connectivity index (χ0n) is 13.4. The molecule has 0 atom stereocenters. The minimum absolute atomic E-state index is 0.0322. The van der Waals surface area contributed by atoms with Crippen molar-refractivity contribution >= 4 is 23.3 Å². The molecule has 5 nitrogen and oxygen atoms in total. The van der Waals surface area contributed by atoms with Gasteiger partial charge >= 0.3 is 0 Å². The summed E-state index contributed by atoms with van der Waals surface area (Å²) < 4.78 is 0. The second-order valence-electron chi connectivity index (χ2n) is 5.77. The van der Waals surface area contributed by atoms with Gasteiger partial charge < -0.3 is 10.2 Å². The number of fused-ring (bicyclic) bond motifs is 1. The summed E-state index contributed by atoms with van der Waals surface area (Å²) >= 11 is 0. The Bertz CT molecular complexity index is 800. The summed E-state index contributed by atoms with van der Waals surface area (Å²) in [6.45, 7) is 0.280. The van der Waals surface area contributed by atoms with Crippen LogP contribution in [0, 0.1) is 0 Å². The van der Waals surface area contributed by atoms with E-state index in [1.165, 1.54) is 0 Å². The predicted molar refractivity (Wildman–Crippen MR) is 91.3 cm³/mol. The summed E-state index contributed by atoms with van der Waals surface area (Å²) in [6, 6.07) is 14.2. The first kappa shape index (κ1) is 15.9. The number of ketones is 1. The molecule has 1 aliphatic heterocycles. The molecule has 3 rings (SSSR count). The number of rotatable bonds is 5. The molecule has 0 unspecified atom stereocenters. The van der Waals surface area contributed by atoms with E-state index in [1.807, 2.05) is 6.07 Å². The molecular weight excluding hydrogens is 304 g/mol. The first-order valence-corrected chi connectivity index (χ1v) is 7.82. The van der Waals surface area contributed by atoms with Gasteiger partial charge in [0.2, 0.25) is 5.91 Å². The van der Waals surface area contributed by atoms with Crippen molar-refractivity contribution in [2.45, 2.75) is 12.8 Å². The Kier molecular flexibility index (Phi) is 4.42. The first-order valence-electron chi connectivity index (χ1n) is 7.82. The molecule has 1 N–H and O–H groups in total. The van der Waals surface area contributed by atoms with Crippen molar-refractivity contribution in [3.8, 4) is 0 Å². The van der Waals surface area contributed by atoms with Crippen molar-refractivity contribution in [3.63, 3.8) is 0 Å². The quantitative estimate of drug-likeness (QED) is 0.858. The van der Waals surface area contributed by atoms with E-state index in [-0.39, 0.29) is 30.6 Å². The van der Waals surface area contributed by atoms with Gasteiger partial charge in [0, 0.05) is 36.8 Å². The Balaban J connectivity index is 1.57. The predicted octanol–water partition coefficient (Wildman–Crippen LogP) is 2.21. The summed E-state index contributed by atoms with van der Waals surface area (Å²) in [4.78, 5) is 37.5. The number of nitrogens with one attached hydrogen (secondary N) is 1. The lowest BCUT2D eigenvalue weighted by molar-refractivity contribution is -0.117. The zero-order chi connectivity index (χ0) is 17.1. The highest BCUT2D eigenvalue weighted by Crippen LogP contribution is 2.28. The molecule has 0 aliphatic carbocycles. The third-order valence-electron chi connectivity index (χ3n) is 4.15. The van der Waals surface area contributed by atoms with Crippen molar-refractivity contribution in [2.75, 3.05) is 18.5 Å². The van der Waals surface area contributed by atoms with Gasteiger partial charge in [0.1, 0.15) is 0 Å². The molecule has 0 bridgehead atoms. The van der Waals surface area contributed by atoms with Crippen LogP contribution in [-0.2, 0) is 11.2 Å². The maximum Gasteiger partial charge on any atom is 0.251 e. The Morgan fingerprint density at radius 2 is 1.83 bits per heavy atom. The minimum atomic E-state index is -0.190. The van der Waals surface area contributed by atoms with Crippen molar-refractivity contribution in [1.29, 1.82) is 0 Å². The number of hydrogen-bond acceptors (Lipinski definition) is 3. The van der Waals surface area contributed by atoms with Gasteiger partial charge in [0.25, 0.3) is 5.91 Å². The van der Waals surface area contributed by atoms with Crippen molar-refractivity contribution in [1.82, 2.24) is 5.32 Å². The fourth-order valence-electron chi connectivity index (χ4n) is 2.77. The summed E-state index contributed by atoms with van der Waals surface area (Å²) in [5.74, 6) is -0.206. The smallest absolute Gasteiger partial charge is 0.251 e. The molecule has 24 heavy (non-hydrogen) atoms. The van der Waals surface area contributed by atoms with Crippen LogP contribution in [0.5, 0.6) is 0 Å². The van der Waals surface area contributed by atoms with Crippen LogP contribution in [0.3, 0.4) is 0 Å². The number of benzene rings is 2. The Hall–Kier alpha value is -2.95. The van der Waals surface area contributed by atoms with Crippen LogP contribution in [-0.4, -0.2) is 31.2 Å². The van der Waals surface area contributed by atoms with Crippen LogP contribution >= 0.6 is 0 Å². The summed E-state index contributed by atoms with van der Waals surface area (Å²) in [5.41, 5.74) is 2.88. The molecule has 2 aromatic rings. The molecular formula is C19H18N2O3. The molecule has 0 spiro atoms. The van der Waals surface area contributed by atoms with Gasteiger partial charge in [-0.2, -0.15) is 0 Å². The zero-order valence-corrected chi connectivity index (χ0v) is 13.4. The number of Topliss-reactive ketones (excluding diaryl/α,β-unsaturated/α-hetero) is 1. The summed E-state index contributed by atoms with van der Waals surface area (Å²) in [5, 5.41) is 2.74. The third-order valence-corrected chi connectivity index (χ3v) is 4.15. The van der Waals surface area contributed by atoms with Crippen molar-refractivity contribution in [2.24, 2.45) is 0 Å². The van der Waals surface area contributed by atoms with E-state index >= 15 is 0 Å². The average Bonchev–Trinajstić information content (AvgIpc) is 2.89. The van der Waals surface area contributed by atoms with Crippen LogP contribution in [0.25, 0.3) is 0 Å². The van der Waals surface area contributed by atoms with E-state index in [0.29, 0.717) is 17.5 Å². The van der Waals surface area contributed by atoms with Crippen LogP contribution in [0.4, 0.5) is 5.69 Å². The molecule has 5 heteroatoms. The van der Waals surface area contributed by atoms with Crippen LogP contribution in [0.2, 0.25) is 0 Å². The van der Waals surface area contributed by atoms with E-state index in [0.717, 1.165) is 11.3 Å².